The first-order chi connectivity index (χ1) is 14.0. The van der Waals surface area contributed by atoms with Crippen LogP contribution in [0.4, 0.5) is 0 Å². The highest BCUT2D eigenvalue weighted by Crippen LogP contribution is 2.60. The molecule has 0 radical (unpaired) electrons. The standard InChI is InChI=1S/C23H32O6/c1-15-9-10-19-16(2)20(25-14-13-24-17-7-5-4-6-8-17)26-21-23(19)18(15)11-12-22(3,27-21)28-29-23/h4-8,15-16,18-21H,9-14H2,1-3H3/t15-,16-,18?,19?,20?,21-,22?,23-/m1/s1. The van der Waals surface area contributed by atoms with E-state index in [2.05, 4.69) is 13.8 Å². The summed E-state index contributed by atoms with van der Waals surface area (Å²) in [7, 11) is 0. The first kappa shape index (κ1) is 19.8. The largest absolute Gasteiger partial charge is 0.491 e. The molecule has 0 N–H and O–H groups in total. The van der Waals surface area contributed by atoms with Gasteiger partial charge in [-0.1, -0.05) is 32.0 Å². The lowest BCUT2D eigenvalue weighted by atomic mass is 9.58. The molecule has 1 aromatic carbocycles. The van der Waals surface area contributed by atoms with Crippen molar-refractivity contribution in [2.24, 2.45) is 23.7 Å². The Bertz CT molecular complexity index is 713. The van der Waals surface area contributed by atoms with Gasteiger partial charge < -0.3 is 18.9 Å². The molecule has 5 fully saturated rings. The molecule has 4 unspecified atom stereocenters. The Kier molecular flexibility index (Phi) is 5.11. The van der Waals surface area contributed by atoms with Crippen LogP contribution in [-0.2, 0) is 24.0 Å². The van der Waals surface area contributed by atoms with Gasteiger partial charge >= 0.3 is 0 Å². The number of benzene rings is 1. The van der Waals surface area contributed by atoms with Crippen LogP contribution in [0.5, 0.6) is 5.75 Å². The predicted molar refractivity (Wildman–Crippen MR) is 105 cm³/mol. The van der Waals surface area contributed by atoms with Crippen molar-refractivity contribution >= 4 is 0 Å². The summed E-state index contributed by atoms with van der Waals surface area (Å²) in [6, 6.07) is 9.79. The Labute approximate surface area is 172 Å². The van der Waals surface area contributed by atoms with Crippen LogP contribution >= 0.6 is 0 Å². The van der Waals surface area contributed by atoms with Crippen LogP contribution in [0, 0.1) is 23.7 Å². The lowest BCUT2D eigenvalue weighted by molar-refractivity contribution is -0.577. The summed E-state index contributed by atoms with van der Waals surface area (Å²) in [6.45, 7) is 7.42. The lowest BCUT2D eigenvalue weighted by Gasteiger charge is -2.60. The third kappa shape index (κ3) is 3.29. The molecule has 2 bridgehead atoms. The van der Waals surface area contributed by atoms with E-state index in [1.807, 2.05) is 37.3 Å². The van der Waals surface area contributed by atoms with Gasteiger partial charge in [0.25, 0.3) is 0 Å². The molecule has 29 heavy (non-hydrogen) atoms. The molecule has 5 aliphatic rings. The van der Waals surface area contributed by atoms with Crippen molar-refractivity contribution < 1.29 is 28.7 Å². The van der Waals surface area contributed by atoms with Gasteiger partial charge in [-0.3, -0.25) is 0 Å². The van der Waals surface area contributed by atoms with Gasteiger partial charge in [0.1, 0.15) is 12.4 Å². The van der Waals surface area contributed by atoms with Gasteiger partial charge in [0.05, 0.1) is 6.61 Å². The van der Waals surface area contributed by atoms with Crippen molar-refractivity contribution in [1.29, 1.82) is 0 Å². The molecular formula is C23H32O6. The van der Waals surface area contributed by atoms with Gasteiger partial charge in [-0.05, 0) is 50.2 Å². The van der Waals surface area contributed by atoms with Crippen molar-refractivity contribution in [1.82, 2.24) is 0 Å². The van der Waals surface area contributed by atoms with Crippen LogP contribution in [0.2, 0.25) is 0 Å². The second-order valence-corrected chi connectivity index (χ2v) is 9.31. The second-order valence-electron chi connectivity index (χ2n) is 9.31. The van der Waals surface area contributed by atoms with E-state index in [4.69, 9.17) is 28.7 Å². The van der Waals surface area contributed by atoms with Crippen molar-refractivity contribution in [2.75, 3.05) is 13.2 Å². The Hall–Kier alpha value is -1.18. The fraction of sp³-hybridized carbons (Fsp3) is 0.739. The Balaban J connectivity index is 1.29. The predicted octanol–water partition coefficient (Wildman–Crippen LogP) is 4.29. The highest BCUT2D eigenvalue weighted by Gasteiger charge is 2.69. The normalized spacial score (nSPS) is 46.0. The molecule has 1 saturated carbocycles. The minimum absolute atomic E-state index is 0.188. The Morgan fingerprint density at radius 2 is 1.83 bits per heavy atom. The van der Waals surface area contributed by atoms with Crippen LogP contribution in [-0.4, -0.2) is 37.2 Å². The minimum atomic E-state index is -0.751. The highest BCUT2D eigenvalue weighted by atomic mass is 17.3. The van der Waals surface area contributed by atoms with E-state index in [0.717, 1.165) is 25.0 Å². The molecule has 6 nitrogen and oxygen atoms in total. The molecular weight excluding hydrogens is 372 g/mol. The number of para-hydroxylation sites is 1. The number of fused-ring (bicyclic) bond motifs is 2. The van der Waals surface area contributed by atoms with E-state index >= 15 is 0 Å². The van der Waals surface area contributed by atoms with Crippen LogP contribution in [0.15, 0.2) is 30.3 Å². The van der Waals surface area contributed by atoms with Crippen LogP contribution in [0.3, 0.4) is 0 Å². The zero-order valence-electron chi connectivity index (χ0n) is 17.5. The summed E-state index contributed by atoms with van der Waals surface area (Å²) in [5.41, 5.74) is -0.534. The Morgan fingerprint density at radius 1 is 1.00 bits per heavy atom. The van der Waals surface area contributed by atoms with Gasteiger partial charge in [0, 0.05) is 18.3 Å². The third-order valence-corrected chi connectivity index (χ3v) is 7.47. The second kappa shape index (κ2) is 7.50. The van der Waals surface area contributed by atoms with Gasteiger partial charge in [0.15, 0.2) is 18.2 Å². The first-order valence-corrected chi connectivity index (χ1v) is 11.0. The molecule has 1 aromatic rings. The highest BCUT2D eigenvalue weighted by molar-refractivity contribution is 5.20. The molecule has 1 spiro atoms. The topological polar surface area (TPSA) is 55.4 Å². The van der Waals surface area contributed by atoms with Crippen LogP contribution < -0.4 is 4.74 Å². The van der Waals surface area contributed by atoms with Crippen LogP contribution in [0.1, 0.15) is 46.5 Å². The van der Waals surface area contributed by atoms with Gasteiger partial charge in [-0.2, -0.15) is 0 Å². The monoisotopic (exact) mass is 404 g/mol. The maximum absolute atomic E-state index is 6.40. The molecule has 6 heteroatoms. The van der Waals surface area contributed by atoms with Crippen molar-refractivity contribution in [3.8, 4) is 5.75 Å². The van der Waals surface area contributed by atoms with E-state index in [9.17, 15) is 0 Å². The van der Waals surface area contributed by atoms with Crippen molar-refractivity contribution in [2.45, 2.75) is 70.4 Å². The number of ether oxygens (including phenoxy) is 4. The molecule has 6 rings (SSSR count). The summed E-state index contributed by atoms with van der Waals surface area (Å²) in [5.74, 6) is 1.51. The average molecular weight is 405 g/mol. The first-order valence-electron chi connectivity index (χ1n) is 11.0. The van der Waals surface area contributed by atoms with E-state index in [0.29, 0.717) is 25.0 Å². The smallest absolute Gasteiger partial charge is 0.201 e. The van der Waals surface area contributed by atoms with E-state index in [-0.39, 0.29) is 18.1 Å². The molecule has 1 aliphatic carbocycles. The third-order valence-electron chi connectivity index (χ3n) is 7.47. The average Bonchev–Trinajstić information content (AvgIpc) is 2.95. The van der Waals surface area contributed by atoms with E-state index < -0.39 is 17.7 Å². The van der Waals surface area contributed by atoms with E-state index in [1.54, 1.807) is 0 Å². The SMILES string of the molecule is C[C@H]1C(OCCOc2ccccc2)O[C@@H]2OC3(C)CCC4[C@H](C)CCC1[C@]42OO3. The van der Waals surface area contributed by atoms with Gasteiger partial charge in [0.2, 0.25) is 5.79 Å². The van der Waals surface area contributed by atoms with Crippen LogP contribution in [0.25, 0.3) is 0 Å². The summed E-state index contributed by atoms with van der Waals surface area (Å²) < 4.78 is 24.7. The maximum Gasteiger partial charge on any atom is 0.201 e. The number of hydrogen-bond donors (Lipinski definition) is 0. The zero-order chi connectivity index (χ0) is 20.1. The van der Waals surface area contributed by atoms with E-state index in [1.165, 1.54) is 6.42 Å². The number of hydrogen-bond acceptors (Lipinski definition) is 6. The molecule has 4 heterocycles. The molecule has 4 aliphatic heterocycles. The summed E-state index contributed by atoms with van der Waals surface area (Å²) in [4.78, 5) is 12.0. The maximum atomic E-state index is 6.40. The van der Waals surface area contributed by atoms with Gasteiger partial charge in [-0.25, -0.2) is 9.78 Å². The number of rotatable bonds is 5. The lowest BCUT2D eigenvalue weighted by Crippen LogP contribution is -2.70. The fourth-order valence-corrected chi connectivity index (χ4v) is 5.90. The Morgan fingerprint density at radius 3 is 2.66 bits per heavy atom. The molecule has 4 saturated heterocycles. The molecule has 0 aromatic heterocycles. The fourth-order valence-electron chi connectivity index (χ4n) is 5.90. The molecule has 160 valence electrons. The summed E-state index contributed by atoms with van der Waals surface area (Å²) in [5, 5.41) is 0. The zero-order valence-corrected chi connectivity index (χ0v) is 17.5. The molecule has 8 atom stereocenters. The van der Waals surface area contributed by atoms with Gasteiger partial charge in [-0.15, -0.1) is 0 Å². The quantitative estimate of drug-likeness (QED) is 0.539. The minimum Gasteiger partial charge on any atom is -0.491 e. The van der Waals surface area contributed by atoms with Crippen molar-refractivity contribution in [3.05, 3.63) is 30.3 Å². The summed E-state index contributed by atoms with van der Waals surface area (Å²) >= 11 is 0. The van der Waals surface area contributed by atoms with Crippen molar-refractivity contribution in [3.63, 3.8) is 0 Å². The summed E-state index contributed by atoms with van der Waals surface area (Å²) in [6.07, 6.45) is 3.33. The molecule has 0 amide bonds.